The maximum absolute atomic E-state index is 11.2. The van der Waals surface area contributed by atoms with E-state index in [-0.39, 0.29) is 12.3 Å². The van der Waals surface area contributed by atoms with Gasteiger partial charge in [0, 0.05) is 5.69 Å². The number of hydrogen-bond donors (Lipinski definition) is 1. The predicted molar refractivity (Wildman–Crippen MR) is 60.2 cm³/mol. The van der Waals surface area contributed by atoms with Gasteiger partial charge in [0.15, 0.2) is 0 Å². The van der Waals surface area contributed by atoms with Gasteiger partial charge in [0.2, 0.25) is 5.91 Å². The molecule has 17 heavy (non-hydrogen) atoms. The molecule has 1 aromatic heterocycles. The molecule has 0 fully saturated rings. The smallest absolute Gasteiger partial charge is 0.238 e. The van der Waals surface area contributed by atoms with Crippen LogP contribution in [0.15, 0.2) is 36.7 Å². The van der Waals surface area contributed by atoms with Gasteiger partial charge in [0.25, 0.3) is 0 Å². The molecule has 0 spiro atoms. The molecule has 0 unspecified atom stereocenters. The van der Waals surface area contributed by atoms with Crippen molar-refractivity contribution >= 4 is 11.6 Å². The van der Waals surface area contributed by atoms with Crippen molar-refractivity contribution in [1.29, 1.82) is 5.26 Å². The zero-order valence-corrected chi connectivity index (χ0v) is 8.87. The second-order valence-electron chi connectivity index (χ2n) is 3.28. The average Bonchev–Trinajstić information content (AvgIpc) is 2.84. The molecule has 2 rings (SSSR count). The van der Waals surface area contributed by atoms with E-state index in [0.29, 0.717) is 5.69 Å². The van der Waals surface area contributed by atoms with Crippen LogP contribution in [0.2, 0.25) is 0 Å². The van der Waals surface area contributed by atoms with E-state index in [1.807, 2.05) is 0 Å². The SMILES string of the molecule is N#CCC(=O)Nc1ccc(-n2ccnn2)cc1. The van der Waals surface area contributed by atoms with E-state index < -0.39 is 0 Å². The molecule has 1 heterocycles. The molecular formula is C11H9N5O. The van der Waals surface area contributed by atoms with Gasteiger partial charge in [-0.05, 0) is 24.3 Å². The van der Waals surface area contributed by atoms with Crippen molar-refractivity contribution in [3.63, 3.8) is 0 Å². The van der Waals surface area contributed by atoms with Crippen molar-refractivity contribution in [3.8, 4) is 11.8 Å². The van der Waals surface area contributed by atoms with Crippen LogP contribution in [-0.4, -0.2) is 20.9 Å². The van der Waals surface area contributed by atoms with E-state index in [2.05, 4.69) is 15.6 Å². The number of rotatable bonds is 3. The summed E-state index contributed by atoms with van der Waals surface area (Å²) in [6.45, 7) is 0. The Hall–Kier alpha value is -2.68. The first-order valence-corrected chi connectivity index (χ1v) is 4.93. The normalized spacial score (nSPS) is 9.59. The topological polar surface area (TPSA) is 83.6 Å². The van der Waals surface area contributed by atoms with Gasteiger partial charge in [0.05, 0.1) is 24.2 Å². The number of amides is 1. The molecule has 0 atom stereocenters. The molecule has 2 aromatic rings. The van der Waals surface area contributed by atoms with Crippen molar-refractivity contribution < 1.29 is 4.79 Å². The van der Waals surface area contributed by atoms with E-state index >= 15 is 0 Å². The quantitative estimate of drug-likeness (QED) is 0.851. The van der Waals surface area contributed by atoms with Crippen molar-refractivity contribution in [1.82, 2.24) is 15.0 Å². The van der Waals surface area contributed by atoms with Gasteiger partial charge in [-0.1, -0.05) is 5.21 Å². The predicted octanol–water partition coefficient (Wildman–Crippen LogP) is 1.12. The lowest BCUT2D eigenvalue weighted by Crippen LogP contribution is -2.10. The Morgan fingerprint density at radius 2 is 2.18 bits per heavy atom. The zero-order valence-electron chi connectivity index (χ0n) is 8.87. The Labute approximate surface area is 97.5 Å². The Balaban J connectivity index is 2.09. The maximum Gasteiger partial charge on any atom is 0.238 e. The molecule has 1 aromatic carbocycles. The van der Waals surface area contributed by atoms with Crippen molar-refractivity contribution in [3.05, 3.63) is 36.7 Å². The van der Waals surface area contributed by atoms with Crippen LogP contribution >= 0.6 is 0 Å². The Morgan fingerprint density at radius 3 is 2.76 bits per heavy atom. The molecule has 0 aliphatic rings. The summed E-state index contributed by atoms with van der Waals surface area (Å²) >= 11 is 0. The van der Waals surface area contributed by atoms with Crippen molar-refractivity contribution in [2.45, 2.75) is 6.42 Å². The molecule has 0 radical (unpaired) electrons. The highest BCUT2D eigenvalue weighted by atomic mass is 16.1. The second kappa shape index (κ2) is 4.90. The first-order chi connectivity index (χ1) is 8.29. The van der Waals surface area contributed by atoms with E-state index in [4.69, 9.17) is 5.26 Å². The third kappa shape index (κ3) is 2.66. The van der Waals surface area contributed by atoms with E-state index in [0.717, 1.165) is 5.69 Å². The minimum absolute atomic E-state index is 0.148. The highest BCUT2D eigenvalue weighted by Gasteiger charge is 2.01. The number of nitrogens with zero attached hydrogens (tertiary/aromatic N) is 4. The number of anilines is 1. The number of carbonyl (C=O) groups excluding carboxylic acids is 1. The minimum Gasteiger partial charge on any atom is -0.325 e. The zero-order chi connectivity index (χ0) is 12.1. The van der Waals surface area contributed by atoms with Gasteiger partial charge in [0.1, 0.15) is 6.42 Å². The van der Waals surface area contributed by atoms with Crippen LogP contribution in [0.5, 0.6) is 0 Å². The Morgan fingerprint density at radius 1 is 1.41 bits per heavy atom. The summed E-state index contributed by atoms with van der Waals surface area (Å²) in [5.41, 5.74) is 1.50. The molecule has 6 nitrogen and oxygen atoms in total. The van der Waals surface area contributed by atoms with Gasteiger partial charge in [-0.3, -0.25) is 4.79 Å². The van der Waals surface area contributed by atoms with Crippen LogP contribution in [0.25, 0.3) is 5.69 Å². The Kier molecular flexibility index (Phi) is 3.12. The molecule has 0 saturated heterocycles. The van der Waals surface area contributed by atoms with E-state index in [9.17, 15) is 4.79 Å². The van der Waals surface area contributed by atoms with Crippen LogP contribution in [0.4, 0.5) is 5.69 Å². The van der Waals surface area contributed by atoms with Crippen LogP contribution in [-0.2, 0) is 4.79 Å². The number of hydrogen-bond acceptors (Lipinski definition) is 4. The average molecular weight is 227 g/mol. The first kappa shape index (κ1) is 10.8. The maximum atomic E-state index is 11.2. The molecule has 1 N–H and O–H groups in total. The summed E-state index contributed by atoms with van der Waals surface area (Å²) < 4.78 is 1.61. The number of nitriles is 1. The fourth-order valence-electron chi connectivity index (χ4n) is 1.32. The van der Waals surface area contributed by atoms with Crippen molar-refractivity contribution in [2.75, 3.05) is 5.32 Å². The van der Waals surface area contributed by atoms with Crippen LogP contribution in [0.1, 0.15) is 6.42 Å². The van der Waals surface area contributed by atoms with Gasteiger partial charge in [-0.25, -0.2) is 4.68 Å². The molecule has 84 valence electrons. The molecule has 0 aliphatic carbocycles. The Bertz CT molecular complexity index is 538. The second-order valence-corrected chi connectivity index (χ2v) is 3.28. The van der Waals surface area contributed by atoms with Gasteiger partial charge < -0.3 is 5.32 Å². The fourth-order valence-corrected chi connectivity index (χ4v) is 1.32. The monoisotopic (exact) mass is 227 g/mol. The number of benzene rings is 1. The molecule has 6 heteroatoms. The first-order valence-electron chi connectivity index (χ1n) is 4.93. The largest absolute Gasteiger partial charge is 0.325 e. The third-order valence-electron chi connectivity index (χ3n) is 2.08. The van der Waals surface area contributed by atoms with Gasteiger partial charge >= 0.3 is 0 Å². The fraction of sp³-hybridized carbons (Fsp3) is 0.0909. The van der Waals surface area contributed by atoms with Crippen LogP contribution in [0.3, 0.4) is 0 Å². The summed E-state index contributed by atoms with van der Waals surface area (Å²) in [5, 5.41) is 18.5. The molecule has 0 saturated carbocycles. The van der Waals surface area contributed by atoms with Crippen LogP contribution in [0, 0.1) is 11.3 Å². The summed E-state index contributed by atoms with van der Waals surface area (Å²) in [7, 11) is 0. The lowest BCUT2D eigenvalue weighted by Gasteiger charge is -2.04. The summed E-state index contributed by atoms with van der Waals surface area (Å²) in [5.74, 6) is -0.319. The van der Waals surface area contributed by atoms with Crippen molar-refractivity contribution in [2.24, 2.45) is 0 Å². The summed E-state index contributed by atoms with van der Waals surface area (Å²) in [4.78, 5) is 11.2. The molecule has 1 amide bonds. The van der Waals surface area contributed by atoms with E-state index in [1.165, 1.54) is 0 Å². The summed E-state index contributed by atoms with van der Waals surface area (Å²) in [6.07, 6.45) is 3.16. The number of carbonyl (C=O) groups is 1. The van der Waals surface area contributed by atoms with E-state index in [1.54, 1.807) is 47.4 Å². The summed E-state index contributed by atoms with van der Waals surface area (Å²) in [6, 6.07) is 8.88. The minimum atomic E-state index is -0.319. The lowest BCUT2D eigenvalue weighted by molar-refractivity contribution is -0.115. The van der Waals surface area contributed by atoms with Gasteiger partial charge in [-0.15, -0.1) is 5.10 Å². The lowest BCUT2D eigenvalue weighted by atomic mass is 10.2. The molecule has 0 bridgehead atoms. The molecule has 0 aliphatic heterocycles. The molecular weight excluding hydrogens is 218 g/mol. The third-order valence-corrected chi connectivity index (χ3v) is 2.08. The number of nitrogens with one attached hydrogen (secondary N) is 1. The standard InChI is InChI=1S/C11H9N5O/c12-6-5-11(17)14-9-1-3-10(4-2-9)16-8-7-13-15-16/h1-4,7-8H,5H2,(H,14,17). The van der Waals surface area contributed by atoms with Crippen LogP contribution < -0.4 is 5.32 Å². The highest BCUT2D eigenvalue weighted by molar-refractivity contribution is 5.92. The number of aromatic nitrogens is 3. The van der Waals surface area contributed by atoms with Gasteiger partial charge in [-0.2, -0.15) is 5.26 Å². The highest BCUT2D eigenvalue weighted by Crippen LogP contribution is 2.12.